The van der Waals surface area contributed by atoms with E-state index in [1.54, 1.807) is 19.1 Å². The Kier molecular flexibility index (Phi) is 5.27. The van der Waals surface area contributed by atoms with Crippen LogP contribution in [-0.2, 0) is 0 Å². The SMILES string of the molecule is Cc1cc([N+](=O)[O-])ccc1NC(=O)NC(CO)c1ccccc1. The highest BCUT2D eigenvalue weighted by atomic mass is 16.6. The van der Waals surface area contributed by atoms with Gasteiger partial charge in [-0.1, -0.05) is 30.3 Å². The lowest BCUT2D eigenvalue weighted by Gasteiger charge is -2.17. The van der Waals surface area contributed by atoms with Gasteiger partial charge >= 0.3 is 6.03 Å². The van der Waals surface area contributed by atoms with E-state index in [0.29, 0.717) is 11.3 Å². The number of carbonyl (C=O) groups excluding carboxylic acids is 1. The Labute approximate surface area is 133 Å². The van der Waals surface area contributed by atoms with Crippen molar-refractivity contribution >= 4 is 17.4 Å². The number of nitrogens with one attached hydrogen (secondary N) is 2. The molecular formula is C16H17N3O4. The lowest BCUT2D eigenvalue weighted by Crippen LogP contribution is -2.34. The molecule has 2 aromatic carbocycles. The number of hydrogen-bond acceptors (Lipinski definition) is 4. The minimum absolute atomic E-state index is 0.0361. The molecule has 0 heterocycles. The Morgan fingerprint density at radius 2 is 1.96 bits per heavy atom. The molecule has 120 valence electrons. The van der Waals surface area contributed by atoms with Gasteiger partial charge in [-0.25, -0.2) is 4.79 Å². The topological polar surface area (TPSA) is 105 Å². The molecule has 0 radical (unpaired) electrons. The van der Waals surface area contributed by atoms with Crippen LogP contribution in [0.15, 0.2) is 48.5 Å². The molecule has 0 saturated carbocycles. The molecule has 23 heavy (non-hydrogen) atoms. The van der Waals surface area contributed by atoms with Gasteiger partial charge in [-0.05, 0) is 24.1 Å². The van der Waals surface area contributed by atoms with Gasteiger partial charge in [-0.3, -0.25) is 10.1 Å². The van der Waals surface area contributed by atoms with Crippen molar-refractivity contribution in [2.45, 2.75) is 13.0 Å². The first-order chi connectivity index (χ1) is 11.0. The molecule has 0 bridgehead atoms. The number of carbonyl (C=O) groups is 1. The molecule has 0 aliphatic rings. The van der Waals surface area contributed by atoms with Crippen LogP contribution in [0.2, 0.25) is 0 Å². The van der Waals surface area contributed by atoms with Crippen LogP contribution in [0.4, 0.5) is 16.2 Å². The predicted octanol–water partition coefficient (Wildman–Crippen LogP) is 2.76. The van der Waals surface area contributed by atoms with Crippen molar-refractivity contribution in [1.29, 1.82) is 0 Å². The zero-order valence-electron chi connectivity index (χ0n) is 12.5. The number of urea groups is 1. The number of nitro benzene ring substituents is 1. The summed E-state index contributed by atoms with van der Waals surface area (Å²) in [5, 5.41) is 25.4. The quantitative estimate of drug-likeness (QED) is 0.583. The van der Waals surface area contributed by atoms with Gasteiger partial charge < -0.3 is 15.7 Å². The Bertz CT molecular complexity index is 704. The monoisotopic (exact) mass is 315 g/mol. The Hall–Kier alpha value is -2.93. The summed E-state index contributed by atoms with van der Waals surface area (Å²) < 4.78 is 0. The number of amides is 2. The summed E-state index contributed by atoms with van der Waals surface area (Å²) in [6, 6.07) is 12.2. The number of rotatable bonds is 5. The van der Waals surface area contributed by atoms with E-state index < -0.39 is 17.0 Å². The van der Waals surface area contributed by atoms with Crippen LogP contribution in [0, 0.1) is 17.0 Å². The van der Waals surface area contributed by atoms with E-state index in [1.807, 2.05) is 18.2 Å². The van der Waals surface area contributed by atoms with E-state index in [0.717, 1.165) is 5.56 Å². The van der Waals surface area contributed by atoms with E-state index >= 15 is 0 Å². The summed E-state index contributed by atoms with van der Waals surface area (Å²) in [7, 11) is 0. The third kappa shape index (κ3) is 4.27. The summed E-state index contributed by atoms with van der Waals surface area (Å²) in [5.74, 6) is 0. The number of benzene rings is 2. The maximum atomic E-state index is 12.1. The first-order valence-electron chi connectivity index (χ1n) is 6.99. The second kappa shape index (κ2) is 7.37. The highest BCUT2D eigenvalue weighted by Crippen LogP contribution is 2.21. The fourth-order valence-electron chi connectivity index (χ4n) is 2.14. The molecule has 7 nitrogen and oxygen atoms in total. The van der Waals surface area contributed by atoms with Crippen molar-refractivity contribution in [2.24, 2.45) is 0 Å². The first kappa shape index (κ1) is 16.4. The van der Waals surface area contributed by atoms with Crippen LogP contribution in [0.25, 0.3) is 0 Å². The van der Waals surface area contributed by atoms with Crippen molar-refractivity contribution in [3.05, 3.63) is 69.8 Å². The number of aliphatic hydroxyl groups is 1. The summed E-state index contributed by atoms with van der Waals surface area (Å²) in [4.78, 5) is 22.3. The normalized spacial score (nSPS) is 11.6. The van der Waals surface area contributed by atoms with Crippen LogP contribution in [0.1, 0.15) is 17.2 Å². The molecule has 0 aliphatic heterocycles. The molecule has 2 aromatic rings. The van der Waals surface area contributed by atoms with E-state index in [-0.39, 0.29) is 12.3 Å². The number of nitro groups is 1. The van der Waals surface area contributed by atoms with Gasteiger partial charge in [-0.15, -0.1) is 0 Å². The lowest BCUT2D eigenvalue weighted by atomic mass is 10.1. The zero-order chi connectivity index (χ0) is 16.8. The highest BCUT2D eigenvalue weighted by molar-refractivity contribution is 5.90. The highest BCUT2D eigenvalue weighted by Gasteiger charge is 2.15. The molecule has 7 heteroatoms. The van der Waals surface area contributed by atoms with Gasteiger partial charge in [0.25, 0.3) is 5.69 Å². The third-order valence-electron chi connectivity index (χ3n) is 3.36. The summed E-state index contributed by atoms with van der Waals surface area (Å²) in [5.41, 5.74) is 1.80. The van der Waals surface area contributed by atoms with E-state index in [9.17, 15) is 20.0 Å². The van der Waals surface area contributed by atoms with E-state index in [2.05, 4.69) is 10.6 Å². The molecule has 0 aliphatic carbocycles. The maximum Gasteiger partial charge on any atom is 0.319 e. The lowest BCUT2D eigenvalue weighted by molar-refractivity contribution is -0.384. The first-order valence-corrected chi connectivity index (χ1v) is 6.99. The van der Waals surface area contributed by atoms with Crippen LogP contribution >= 0.6 is 0 Å². The average molecular weight is 315 g/mol. The van der Waals surface area contributed by atoms with Crippen molar-refractivity contribution in [1.82, 2.24) is 5.32 Å². The van der Waals surface area contributed by atoms with Crippen LogP contribution in [0.5, 0.6) is 0 Å². The molecule has 0 aromatic heterocycles. The maximum absolute atomic E-state index is 12.1. The second-order valence-electron chi connectivity index (χ2n) is 5.00. The standard InChI is InChI=1S/C16H17N3O4/c1-11-9-13(19(22)23)7-8-14(11)17-16(21)18-15(10-20)12-5-3-2-4-6-12/h2-9,15,20H,10H2,1H3,(H2,17,18,21). The van der Waals surface area contributed by atoms with Crippen LogP contribution in [0.3, 0.4) is 0 Å². The van der Waals surface area contributed by atoms with Crippen LogP contribution in [-0.4, -0.2) is 22.7 Å². The van der Waals surface area contributed by atoms with E-state index in [1.165, 1.54) is 18.2 Å². The number of anilines is 1. The van der Waals surface area contributed by atoms with Gasteiger partial charge in [0.05, 0.1) is 17.6 Å². The van der Waals surface area contributed by atoms with Crippen LogP contribution < -0.4 is 10.6 Å². The van der Waals surface area contributed by atoms with Gasteiger partial charge in [0, 0.05) is 17.8 Å². The largest absolute Gasteiger partial charge is 0.394 e. The summed E-state index contributed by atoms with van der Waals surface area (Å²) in [6.45, 7) is 1.43. The van der Waals surface area contributed by atoms with E-state index in [4.69, 9.17) is 0 Å². The Morgan fingerprint density at radius 3 is 2.52 bits per heavy atom. The number of aryl methyl sites for hydroxylation is 1. The number of non-ortho nitro benzene ring substituents is 1. The third-order valence-corrected chi connectivity index (χ3v) is 3.36. The molecule has 3 N–H and O–H groups in total. The minimum Gasteiger partial charge on any atom is -0.394 e. The molecule has 2 amide bonds. The summed E-state index contributed by atoms with van der Waals surface area (Å²) in [6.07, 6.45) is 0. The molecule has 2 rings (SSSR count). The molecular weight excluding hydrogens is 298 g/mol. The summed E-state index contributed by atoms with van der Waals surface area (Å²) >= 11 is 0. The smallest absolute Gasteiger partial charge is 0.319 e. The molecule has 0 fully saturated rings. The molecule has 1 atom stereocenters. The average Bonchev–Trinajstić information content (AvgIpc) is 2.55. The number of aliphatic hydroxyl groups excluding tert-OH is 1. The van der Waals surface area contributed by atoms with Gasteiger partial charge in [0.1, 0.15) is 0 Å². The van der Waals surface area contributed by atoms with Crippen molar-refractivity contribution in [3.8, 4) is 0 Å². The fourth-order valence-corrected chi connectivity index (χ4v) is 2.14. The fraction of sp³-hybridized carbons (Fsp3) is 0.188. The van der Waals surface area contributed by atoms with Gasteiger partial charge in [0.2, 0.25) is 0 Å². The Balaban J connectivity index is 2.06. The van der Waals surface area contributed by atoms with Crippen molar-refractivity contribution < 1.29 is 14.8 Å². The predicted molar refractivity (Wildman–Crippen MR) is 86.3 cm³/mol. The van der Waals surface area contributed by atoms with Crippen molar-refractivity contribution in [3.63, 3.8) is 0 Å². The molecule has 1 unspecified atom stereocenters. The minimum atomic E-state index is -0.533. The Morgan fingerprint density at radius 1 is 1.26 bits per heavy atom. The second-order valence-corrected chi connectivity index (χ2v) is 5.00. The number of nitrogens with zero attached hydrogens (tertiary/aromatic N) is 1. The molecule has 0 spiro atoms. The molecule has 0 saturated heterocycles. The van der Waals surface area contributed by atoms with Gasteiger partial charge in [-0.2, -0.15) is 0 Å². The van der Waals surface area contributed by atoms with Gasteiger partial charge in [0.15, 0.2) is 0 Å². The van der Waals surface area contributed by atoms with Crippen molar-refractivity contribution in [2.75, 3.05) is 11.9 Å². The number of hydrogen-bond donors (Lipinski definition) is 3. The zero-order valence-corrected chi connectivity index (χ0v) is 12.5.